The van der Waals surface area contributed by atoms with Gasteiger partial charge in [0, 0.05) is 49.7 Å². The molecule has 510 valence electrons. The van der Waals surface area contributed by atoms with Crippen LogP contribution in [0.2, 0.25) is 0 Å². The monoisotopic (exact) mass is 1370 g/mol. The van der Waals surface area contributed by atoms with E-state index in [0.717, 1.165) is 104 Å². The molecule has 0 spiro atoms. The molecule has 0 bridgehead atoms. The van der Waals surface area contributed by atoms with Crippen LogP contribution >= 0.6 is 35.3 Å². The van der Waals surface area contributed by atoms with E-state index in [1.54, 1.807) is 62.1 Å². The lowest BCUT2D eigenvalue weighted by molar-refractivity contribution is -0.150. The van der Waals surface area contributed by atoms with Crippen molar-refractivity contribution < 1.29 is 96.9 Å². The van der Waals surface area contributed by atoms with Crippen LogP contribution in [0.5, 0.6) is 34.5 Å². The second-order valence-electron chi connectivity index (χ2n) is 21.2. The van der Waals surface area contributed by atoms with E-state index in [0.29, 0.717) is 67.5 Å². The highest BCUT2D eigenvalue weighted by molar-refractivity contribution is 7.99. The van der Waals surface area contributed by atoms with Crippen LogP contribution in [0.25, 0.3) is 0 Å². The number of rotatable bonds is 32. The highest BCUT2D eigenvalue weighted by Crippen LogP contribution is 2.36. The minimum atomic E-state index is -4.36. The van der Waals surface area contributed by atoms with Gasteiger partial charge in [0.2, 0.25) is 0 Å². The Bertz CT molecular complexity index is 3220. The predicted octanol–water partition coefficient (Wildman–Crippen LogP) is 18.8. The van der Waals surface area contributed by atoms with Crippen LogP contribution in [-0.2, 0) is 42.4 Å². The zero-order valence-electron chi connectivity index (χ0n) is 53.6. The van der Waals surface area contributed by atoms with Crippen molar-refractivity contribution in [2.24, 2.45) is 17.8 Å². The normalized spacial score (nSPS) is 13.1. The topological polar surface area (TPSA) is 145 Å². The average molecular weight is 1370 g/mol. The first-order valence-corrected chi connectivity index (χ1v) is 33.0. The van der Waals surface area contributed by atoms with E-state index in [-0.39, 0.29) is 24.4 Å². The predicted molar refractivity (Wildman–Crippen MR) is 344 cm³/mol. The van der Waals surface area contributed by atoms with E-state index in [9.17, 15) is 53.9 Å². The van der Waals surface area contributed by atoms with Gasteiger partial charge in [0.1, 0.15) is 34.5 Å². The van der Waals surface area contributed by atoms with Gasteiger partial charge in [0.05, 0.1) is 49.7 Å². The summed E-state index contributed by atoms with van der Waals surface area (Å²) in [5, 5.41) is 8.95. The number of thioether (sulfide) groups is 3. The third-order valence-corrected chi connectivity index (χ3v) is 17.5. The Morgan fingerprint density at radius 2 is 0.742 bits per heavy atom. The number of carboxylic acid groups (broad SMARTS) is 1. The number of hydrogen-bond acceptors (Lipinski definition) is 14. The number of ether oxygens (including phenoxy) is 8. The Balaban J connectivity index is 0.000000297. The first-order chi connectivity index (χ1) is 44.0. The maximum Gasteiger partial charge on any atom is 0.416 e. The number of halogens is 9. The number of alkyl halides is 9. The molecule has 12 nitrogen and oxygen atoms in total. The van der Waals surface area contributed by atoms with Gasteiger partial charge in [-0.15, -0.1) is 35.3 Å². The Hall–Kier alpha value is -7.05. The van der Waals surface area contributed by atoms with Crippen LogP contribution in [-0.4, -0.2) is 92.1 Å². The zero-order valence-corrected chi connectivity index (χ0v) is 56.0. The molecule has 0 aliphatic carbocycles. The molecule has 5 atom stereocenters. The molecule has 0 amide bonds. The summed E-state index contributed by atoms with van der Waals surface area (Å²) in [6.45, 7) is 20.2. The van der Waals surface area contributed by atoms with Crippen molar-refractivity contribution in [2.45, 2.75) is 134 Å². The van der Waals surface area contributed by atoms with Gasteiger partial charge in [-0.2, -0.15) is 39.5 Å². The van der Waals surface area contributed by atoms with Crippen molar-refractivity contribution >= 4 is 53.2 Å². The number of aryl methyl sites for hydroxylation is 3. The average Bonchev–Trinajstić information content (AvgIpc) is 1.85. The third kappa shape index (κ3) is 28.6. The lowest BCUT2D eigenvalue weighted by Crippen LogP contribution is -2.26. The summed E-state index contributed by atoms with van der Waals surface area (Å²) in [6, 6.07) is 31.3. The molecule has 5 unspecified atom stereocenters. The summed E-state index contributed by atoms with van der Waals surface area (Å²) in [7, 11) is 0. The van der Waals surface area contributed by atoms with Crippen LogP contribution in [0.1, 0.15) is 101 Å². The van der Waals surface area contributed by atoms with Gasteiger partial charge in [-0.25, -0.2) is 14.4 Å². The molecule has 0 saturated heterocycles. The molecule has 0 aliphatic heterocycles. The van der Waals surface area contributed by atoms with Gasteiger partial charge in [0.25, 0.3) is 0 Å². The molecule has 0 heterocycles. The maximum absolute atomic E-state index is 12.7. The Kier molecular flexibility index (Phi) is 32.8. The van der Waals surface area contributed by atoms with Crippen molar-refractivity contribution in [1.29, 1.82) is 0 Å². The van der Waals surface area contributed by atoms with E-state index >= 15 is 0 Å². The fourth-order valence-electron chi connectivity index (χ4n) is 8.00. The number of carbonyl (C=O) groups excluding carboxylic acids is 2. The van der Waals surface area contributed by atoms with E-state index in [1.807, 2.05) is 76.2 Å². The molecule has 24 heteroatoms. The van der Waals surface area contributed by atoms with Crippen LogP contribution < -0.4 is 28.4 Å². The van der Waals surface area contributed by atoms with E-state index in [1.165, 1.54) is 43.3 Å². The first kappa shape index (κ1) is 78.4. The second-order valence-corrected chi connectivity index (χ2v) is 24.5. The first-order valence-electron chi connectivity index (χ1n) is 30.1. The number of carboxylic acids is 1. The second kappa shape index (κ2) is 39.0. The Morgan fingerprint density at radius 1 is 0.430 bits per heavy atom. The van der Waals surface area contributed by atoms with Gasteiger partial charge < -0.3 is 43.0 Å². The molecule has 6 aromatic carbocycles. The summed E-state index contributed by atoms with van der Waals surface area (Å²) < 4.78 is 157. The van der Waals surface area contributed by atoms with Gasteiger partial charge in [-0.3, -0.25) is 0 Å². The number of esters is 2. The molecule has 0 saturated carbocycles. The summed E-state index contributed by atoms with van der Waals surface area (Å²) in [4.78, 5) is 37.2. The highest BCUT2D eigenvalue weighted by Gasteiger charge is 2.32. The van der Waals surface area contributed by atoms with Gasteiger partial charge in [0.15, 0.2) is 18.8 Å². The molecule has 0 aliphatic rings. The molecule has 0 aromatic heterocycles. The van der Waals surface area contributed by atoms with Crippen LogP contribution in [0, 0.1) is 38.5 Å². The van der Waals surface area contributed by atoms with Crippen LogP contribution in [0.15, 0.2) is 142 Å². The van der Waals surface area contributed by atoms with Crippen molar-refractivity contribution in [1.82, 2.24) is 0 Å². The molecular formula is C69H81F9O12S3. The summed E-state index contributed by atoms with van der Waals surface area (Å²) >= 11 is 4.99. The standard InChI is InChI=1S/C24H29F3O4S.C23H27F3O4S.C22H25F3O4S/c1-5-18(14-30-20-9-7-19(8-10-20)24(25,26)27)15-32-21-11-12-22(16(3)13-21)31-17(4)23(28)29-6-2;1-4-17(13-29-19-8-6-18(7-9-19)23(24,25)26)15-31-20-10-11-21(16(3)12-20)30-14-22(27)28-5-2;1-4-16(12-28-18-7-5-17(6-8-18)22(23,24)25)13-30-19-9-10-20(14(2)11-19)29-15(3)21(26)27/h7-13,17-18H,5-6,14-15H2,1-4H3;6-12,17H,4-5,13-15H2,1-3H3;5-11,15-16H,4,12-13H2,1-3H3,(H,26,27). The van der Waals surface area contributed by atoms with E-state index in [4.69, 9.17) is 43.0 Å². The molecule has 6 aromatic rings. The minimum absolute atomic E-state index is 0.125. The number of benzene rings is 6. The Morgan fingerprint density at radius 3 is 1.02 bits per heavy atom. The maximum atomic E-state index is 12.7. The quantitative estimate of drug-likeness (QED) is 0.0243. The summed E-state index contributed by atoms with van der Waals surface area (Å²) in [5.74, 6) is 4.33. The fourth-order valence-corrected chi connectivity index (χ4v) is 11.5. The molecule has 0 radical (unpaired) electrons. The summed E-state index contributed by atoms with van der Waals surface area (Å²) in [6.07, 6.45) is -12.0. The zero-order chi connectivity index (χ0) is 68.9. The third-order valence-electron chi connectivity index (χ3n) is 13.9. The molecule has 0 fully saturated rings. The van der Waals surface area contributed by atoms with Gasteiger partial charge >= 0.3 is 36.4 Å². The lowest BCUT2D eigenvalue weighted by Gasteiger charge is -2.17. The van der Waals surface area contributed by atoms with Crippen molar-refractivity contribution in [3.8, 4) is 34.5 Å². The molecule has 6 rings (SSSR count). The highest BCUT2D eigenvalue weighted by atomic mass is 32.2. The SMILES string of the molecule is CCC(COc1ccc(C(F)(F)F)cc1)CSc1ccc(OC(C)C(=O)O)c(C)c1.CCOC(=O)C(C)Oc1ccc(SCC(CC)COc2ccc(C(F)(F)F)cc2)cc1C.CCOC(=O)COc1ccc(SCC(CC)COc2ccc(C(F)(F)F)cc2)cc1C. The van der Waals surface area contributed by atoms with Crippen molar-refractivity contribution in [3.63, 3.8) is 0 Å². The van der Waals surface area contributed by atoms with Crippen LogP contribution in [0.3, 0.4) is 0 Å². The number of carbonyl (C=O) groups is 3. The number of hydrogen-bond donors (Lipinski definition) is 1. The molecule has 1 N–H and O–H groups in total. The van der Waals surface area contributed by atoms with E-state index in [2.05, 4.69) is 13.8 Å². The smallest absolute Gasteiger partial charge is 0.416 e. The fraction of sp³-hybridized carbons (Fsp3) is 0.435. The van der Waals surface area contributed by atoms with Gasteiger partial charge in [-0.05, 0) is 212 Å². The summed E-state index contributed by atoms with van der Waals surface area (Å²) in [5.41, 5.74) is 0.614. The Labute approximate surface area is 551 Å². The number of aliphatic carboxylic acids is 1. The molecule has 93 heavy (non-hydrogen) atoms. The lowest BCUT2D eigenvalue weighted by atomic mass is 10.1. The van der Waals surface area contributed by atoms with Crippen molar-refractivity contribution in [2.75, 3.05) is 56.9 Å². The van der Waals surface area contributed by atoms with E-state index < -0.39 is 65.3 Å². The van der Waals surface area contributed by atoms with Crippen LogP contribution in [0.4, 0.5) is 39.5 Å². The largest absolute Gasteiger partial charge is 0.493 e. The van der Waals surface area contributed by atoms with Crippen molar-refractivity contribution in [3.05, 3.63) is 161 Å². The minimum Gasteiger partial charge on any atom is -0.493 e. The molecular weight excluding hydrogens is 1290 g/mol. The van der Waals surface area contributed by atoms with Gasteiger partial charge in [-0.1, -0.05) is 20.8 Å².